The van der Waals surface area contributed by atoms with Crippen molar-refractivity contribution >= 4 is 17.7 Å². The maximum absolute atomic E-state index is 12.8. The summed E-state index contributed by atoms with van der Waals surface area (Å²) < 4.78 is 3.20. The van der Waals surface area contributed by atoms with Crippen molar-refractivity contribution in [3.63, 3.8) is 0 Å². The maximum Gasteiger partial charge on any atom is 0.257 e. The molecule has 1 amide bonds. The van der Waals surface area contributed by atoms with Gasteiger partial charge in [-0.3, -0.25) is 23.5 Å². The van der Waals surface area contributed by atoms with Crippen LogP contribution >= 0.6 is 11.8 Å². The first-order valence-electron chi connectivity index (χ1n) is 9.52. The fraction of sp³-hybridized carbons (Fsp3) is 0.526. The predicted molar refractivity (Wildman–Crippen MR) is 106 cm³/mol. The van der Waals surface area contributed by atoms with E-state index in [1.165, 1.54) is 10.9 Å². The zero-order valence-electron chi connectivity index (χ0n) is 16.0. The summed E-state index contributed by atoms with van der Waals surface area (Å²) in [4.78, 5) is 46.2. The van der Waals surface area contributed by atoms with Gasteiger partial charge < -0.3 is 5.32 Å². The molecule has 0 fully saturated rings. The molecule has 1 N–H and O–H groups in total. The average molecular weight is 401 g/mol. The number of fused-ring (bicyclic) bond motifs is 2. The Morgan fingerprint density at radius 2 is 2.11 bits per heavy atom. The van der Waals surface area contributed by atoms with Crippen LogP contribution in [0.1, 0.15) is 41.4 Å². The number of aromatic nitrogens is 4. The standard InChI is InChI=1S/C19H23N5O3S/c1-11-12(2)21-10-23(17(11)26)7-6-20-16(25)8-13-9-28-19-22-15-5-3-4-14(15)18(27)24(13)19/h10,13H,3-9H2,1-2H3,(H,20,25). The van der Waals surface area contributed by atoms with Crippen molar-refractivity contribution < 1.29 is 4.79 Å². The monoisotopic (exact) mass is 401 g/mol. The minimum Gasteiger partial charge on any atom is -0.354 e. The second-order valence-corrected chi connectivity index (χ2v) is 8.31. The summed E-state index contributed by atoms with van der Waals surface area (Å²) in [7, 11) is 0. The highest BCUT2D eigenvalue weighted by Crippen LogP contribution is 2.33. The molecule has 2 aromatic rings. The van der Waals surface area contributed by atoms with Crippen LogP contribution < -0.4 is 16.4 Å². The van der Waals surface area contributed by atoms with Gasteiger partial charge in [0.15, 0.2) is 5.16 Å². The van der Waals surface area contributed by atoms with Crippen molar-refractivity contribution in [1.29, 1.82) is 0 Å². The molecule has 9 heteroatoms. The van der Waals surface area contributed by atoms with Gasteiger partial charge in [-0.25, -0.2) is 9.97 Å². The number of nitrogens with zero attached hydrogens (tertiary/aromatic N) is 4. The quantitative estimate of drug-likeness (QED) is 0.743. The highest BCUT2D eigenvalue weighted by molar-refractivity contribution is 7.99. The summed E-state index contributed by atoms with van der Waals surface area (Å²) in [6, 6.07) is -0.170. The molecule has 1 unspecified atom stereocenters. The summed E-state index contributed by atoms with van der Waals surface area (Å²) in [6.45, 7) is 4.25. The highest BCUT2D eigenvalue weighted by Gasteiger charge is 2.31. The van der Waals surface area contributed by atoms with E-state index in [1.54, 1.807) is 30.2 Å². The fourth-order valence-corrected chi connectivity index (χ4v) is 4.89. The Labute approximate surface area is 166 Å². The first-order chi connectivity index (χ1) is 13.5. The third-order valence-corrected chi connectivity index (χ3v) is 6.58. The molecule has 2 aromatic heterocycles. The maximum atomic E-state index is 12.8. The van der Waals surface area contributed by atoms with Crippen LogP contribution in [0.25, 0.3) is 0 Å². The van der Waals surface area contributed by atoms with Gasteiger partial charge >= 0.3 is 0 Å². The number of carbonyl (C=O) groups is 1. The lowest BCUT2D eigenvalue weighted by molar-refractivity contribution is -0.121. The zero-order chi connectivity index (χ0) is 19.8. The number of nitrogens with one attached hydrogen (secondary N) is 1. The van der Waals surface area contributed by atoms with E-state index in [2.05, 4.69) is 15.3 Å². The largest absolute Gasteiger partial charge is 0.354 e. The third-order valence-electron chi connectivity index (χ3n) is 5.48. The van der Waals surface area contributed by atoms with Crippen molar-refractivity contribution in [1.82, 2.24) is 24.4 Å². The Morgan fingerprint density at radius 1 is 1.29 bits per heavy atom. The van der Waals surface area contributed by atoms with Crippen LogP contribution in [0.4, 0.5) is 0 Å². The average Bonchev–Trinajstić information content (AvgIpc) is 3.29. The molecule has 0 saturated carbocycles. The lowest BCUT2D eigenvalue weighted by Crippen LogP contribution is -2.35. The van der Waals surface area contributed by atoms with E-state index < -0.39 is 0 Å². The van der Waals surface area contributed by atoms with E-state index in [1.807, 2.05) is 0 Å². The normalized spacial score (nSPS) is 17.4. The molecule has 1 aliphatic carbocycles. The van der Waals surface area contributed by atoms with E-state index in [4.69, 9.17) is 0 Å². The van der Waals surface area contributed by atoms with Gasteiger partial charge in [0.1, 0.15) is 0 Å². The molecular formula is C19H23N5O3S. The summed E-state index contributed by atoms with van der Waals surface area (Å²) in [5.74, 6) is 0.551. The van der Waals surface area contributed by atoms with E-state index in [0.717, 1.165) is 35.7 Å². The second-order valence-electron chi connectivity index (χ2n) is 7.32. The molecule has 148 valence electrons. The van der Waals surface area contributed by atoms with Gasteiger partial charge in [0.05, 0.1) is 18.1 Å². The summed E-state index contributed by atoms with van der Waals surface area (Å²) in [5, 5.41) is 3.58. The fourth-order valence-electron chi connectivity index (χ4n) is 3.74. The van der Waals surface area contributed by atoms with E-state index in [0.29, 0.717) is 30.1 Å². The Balaban J connectivity index is 1.38. The van der Waals surface area contributed by atoms with E-state index in [9.17, 15) is 14.4 Å². The first-order valence-corrected chi connectivity index (χ1v) is 10.5. The topological polar surface area (TPSA) is 98.9 Å². The molecule has 0 spiro atoms. The van der Waals surface area contributed by atoms with Crippen molar-refractivity contribution in [2.24, 2.45) is 0 Å². The van der Waals surface area contributed by atoms with Gasteiger partial charge in [-0.15, -0.1) is 0 Å². The summed E-state index contributed by atoms with van der Waals surface area (Å²) >= 11 is 1.54. The van der Waals surface area contributed by atoms with Gasteiger partial charge in [0.25, 0.3) is 11.1 Å². The van der Waals surface area contributed by atoms with Gasteiger partial charge in [0.2, 0.25) is 5.91 Å². The Morgan fingerprint density at radius 3 is 2.93 bits per heavy atom. The highest BCUT2D eigenvalue weighted by atomic mass is 32.2. The van der Waals surface area contributed by atoms with E-state index >= 15 is 0 Å². The molecule has 4 rings (SSSR count). The minimum absolute atomic E-state index is 0.0213. The molecule has 1 aliphatic heterocycles. The van der Waals surface area contributed by atoms with Crippen molar-refractivity contribution in [3.8, 4) is 0 Å². The van der Waals surface area contributed by atoms with Crippen molar-refractivity contribution in [2.75, 3.05) is 12.3 Å². The second kappa shape index (κ2) is 7.54. The smallest absolute Gasteiger partial charge is 0.257 e. The van der Waals surface area contributed by atoms with Crippen molar-refractivity contribution in [3.05, 3.63) is 49.5 Å². The molecule has 2 aliphatic rings. The molecule has 1 atom stereocenters. The van der Waals surface area contributed by atoms with E-state index in [-0.39, 0.29) is 29.5 Å². The SMILES string of the molecule is Cc1ncn(CCNC(=O)CC2CSc3nc4c(c(=O)n32)CCC4)c(=O)c1C. The number of carbonyl (C=O) groups excluding carboxylic acids is 1. The van der Waals surface area contributed by atoms with Crippen LogP contribution in [0.15, 0.2) is 21.1 Å². The summed E-state index contributed by atoms with van der Waals surface area (Å²) in [5.41, 5.74) is 3.02. The molecule has 3 heterocycles. The molecule has 0 aromatic carbocycles. The third kappa shape index (κ3) is 3.39. The van der Waals surface area contributed by atoms with Crippen LogP contribution in [0.3, 0.4) is 0 Å². The predicted octanol–water partition coefficient (Wildman–Crippen LogP) is 0.759. The van der Waals surface area contributed by atoms with Crippen LogP contribution in [0.5, 0.6) is 0 Å². The lowest BCUT2D eigenvalue weighted by atomic mass is 10.2. The molecule has 0 saturated heterocycles. The molecule has 28 heavy (non-hydrogen) atoms. The molecule has 8 nitrogen and oxygen atoms in total. The van der Waals surface area contributed by atoms with Gasteiger partial charge in [-0.05, 0) is 33.1 Å². The number of thioether (sulfide) groups is 1. The Bertz CT molecular complexity index is 1060. The van der Waals surface area contributed by atoms with Crippen LogP contribution in [0.2, 0.25) is 0 Å². The molecular weight excluding hydrogens is 378 g/mol. The number of hydrogen-bond acceptors (Lipinski definition) is 6. The van der Waals surface area contributed by atoms with Crippen LogP contribution in [-0.2, 0) is 24.2 Å². The van der Waals surface area contributed by atoms with Crippen LogP contribution in [0, 0.1) is 13.8 Å². The zero-order valence-corrected chi connectivity index (χ0v) is 16.8. The number of amides is 1. The summed E-state index contributed by atoms with van der Waals surface area (Å²) in [6.07, 6.45) is 4.37. The molecule has 0 bridgehead atoms. The lowest BCUT2D eigenvalue weighted by Gasteiger charge is -2.14. The Kier molecular flexibility index (Phi) is 5.09. The number of aryl methyl sites for hydroxylation is 2. The Hall–Kier alpha value is -2.42. The van der Waals surface area contributed by atoms with Crippen LogP contribution in [-0.4, -0.2) is 37.3 Å². The van der Waals surface area contributed by atoms with Crippen molar-refractivity contribution in [2.45, 2.75) is 57.3 Å². The molecule has 0 radical (unpaired) electrons. The number of rotatable bonds is 5. The van der Waals surface area contributed by atoms with Gasteiger partial charge in [-0.2, -0.15) is 0 Å². The first kappa shape index (κ1) is 18.9. The minimum atomic E-state index is -0.170. The van der Waals surface area contributed by atoms with Gasteiger partial charge in [-0.1, -0.05) is 11.8 Å². The van der Waals surface area contributed by atoms with Gasteiger partial charge in [0, 0.05) is 42.1 Å². The number of hydrogen-bond donors (Lipinski definition) is 1.